The number of carbonyl (C=O) groups excluding carboxylic acids is 1. The van der Waals surface area contributed by atoms with Crippen molar-refractivity contribution in [3.05, 3.63) is 64.6 Å². The normalized spacial score (nSPS) is 14.0. The van der Waals surface area contributed by atoms with E-state index >= 15 is 0 Å². The molecule has 6 heteroatoms. The van der Waals surface area contributed by atoms with Gasteiger partial charge in [-0.25, -0.2) is 4.68 Å². The number of aromatic nitrogens is 2. The monoisotopic (exact) mass is 348 g/mol. The molecule has 0 unspecified atom stereocenters. The summed E-state index contributed by atoms with van der Waals surface area (Å²) < 4.78 is 1.20. The first-order chi connectivity index (χ1) is 12.6. The molecule has 26 heavy (non-hydrogen) atoms. The lowest BCUT2D eigenvalue weighted by Crippen LogP contribution is -2.25. The molecule has 0 radical (unpaired) electrons. The molecule has 2 aromatic carbocycles. The van der Waals surface area contributed by atoms with Crippen molar-refractivity contribution in [2.24, 2.45) is 7.05 Å². The van der Waals surface area contributed by atoms with Gasteiger partial charge in [-0.2, -0.15) is 5.10 Å². The zero-order valence-electron chi connectivity index (χ0n) is 14.6. The minimum atomic E-state index is -0.328. The van der Waals surface area contributed by atoms with Gasteiger partial charge in [0.15, 0.2) is 5.69 Å². The fourth-order valence-corrected chi connectivity index (χ4v) is 3.39. The van der Waals surface area contributed by atoms with Crippen molar-refractivity contribution in [1.82, 2.24) is 9.78 Å². The largest absolute Gasteiger partial charge is 0.372 e. The Morgan fingerprint density at radius 2 is 1.65 bits per heavy atom. The SMILES string of the molecule is Cn1nc(C(=O)Nc2ccc(N3CCCC3)cc2)c2ccccc2c1=O. The average Bonchev–Trinajstić information content (AvgIpc) is 3.20. The van der Waals surface area contributed by atoms with E-state index in [2.05, 4.69) is 15.3 Å². The van der Waals surface area contributed by atoms with Gasteiger partial charge < -0.3 is 10.2 Å². The number of benzene rings is 2. The van der Waals surface area contributed by atoms with Crippen molar-refractivity contribution in [3.63, 3.8) is 0 Å². The van der Waals surface area contributed by atoms with Gasteiger partial charge >= 0.3 is 0 Å². The molecule has 4 rings (SSSR count). The molecule has 0 bridgehead atoms. The van der Waals surface area contributed by atoms with Crippen LogP contribution < -0.4 is 15.8 Å². The number of anilines is 2. The second-order valence-corrected chi connectivity index (χ2v) is 6.52. The van der Waals surface area contributed by atoms with Crippen LogP contribution in [-0.2, 0) is 7.05 Å². The van der Waals surface area contributed by atoms with Gasteiger partial charge in [0.1, 0.15) is 0 Å². The lowest BCUT2D eigenvalue weighted by molar-refractivity contribution is 0.102. The van der Waals surface area contributed by atoms with E-state index in [4.69, 9.17) is 0 Å². The van der Waals surface area contributed by atoms with Crippen LogP contribution in [0.4, 0.5) is 11.4 Å². The average molecular weight is 348 g/mol. The van der Waals surface area contributed by atoms with Gasteiger partial charge in [0.05, 0.1) is 5.39 Å². The molecular weight excluding hydrogens is 328 g/mol. The first-order valence-electron chi connectivity index (χ1n) is 8.76. The van der Waals surface area contributed by atoms with Crippen molar-refractivity contribution in [1.29, 1.82) is 0 Å². The fraction of sp³-hybridized carbons (Fsp3) is 0.250. The maximum Gasteiger partial charge on any atom is 0.276 e. The minimum Gasteiger partial charge on any atom is -0.372 e. The standard InChI is InChI=1S/C20H20N4O2/c1-23-20(26)17-7-3-2-6-16(17)18(22-23)19(25)21-14-8-10-15(11-9-14)24-12-4-5-13-24/h2-3,6-11H,4-5,12-13H2,1H3,(H,21,25). The van der Waals surface area contributed by atoms with Crippen LogP contribution in [0.1, 0.15) is 23.3 Å². The second-order valence-electron chi connectivity index (χ2n) is 6.52. The van der Waals surface area contributed by atoms with E-state index in [0.717, 1.165) is 13.1 Å². The molecule has 3 aromatic rings. The van der Waals surface area contributed by atoms with Crippen LogP contribution in [0.15, 0.2) is 53.3 Å². The van der Waals surface area contributed by atoms with Gasteiger partial charge in [0.25, 0.3) is 11.5 Å². The number of amides is 1. The third-order valence-corrected chi connectivity index (χ3v) is 4.77. The van der Waals surface area contributed by atoms with Gasteiger partial charge in [-0.05, 0) is 43.2 Å². The first-order valence-corrected chi connectivity index (χ1v) is 8.76. The van der Waals surface area contributed by atoms with Crippen LogP contribution in [-0.4, -0.2) is 28.8 Å². The van der Waals surface area contributed by atoms with E-state index in [9.17, 15) is 9.59 Å². The zero-order valence-corrected chi connectivity index (χ0v) is 14.6. The van der Waals surface area contributed by atoms with Gasteiger partial charge in [0, 0.05) is 36.9 Å². The van der Waals surface area contributed by atoms with E-state index < -0.39 is 0 Å². The van der Waals surface area contributed by atoms with E-state index in [1.165, 1.54) is 23.2 Å². The fourth-order valence-electron chi connectivity index (χ4n) is 3.39. The number of aryl methyl sites for hydroxylation is 1. The predicted molar refractivity (Wildman–Crippen MR) is 103 cm³/mol. The van der Waals surface area contributed by atoms with Gasteiger partial charge in [-0.1, -0.05) is 18.2 Å². The Kier molecular flexibility index (Phi) is 4.16. The van der Waals surface area contributed by atoms with Crippen LogP contribution >= 0.6 is 0 Å². The predicted octanol–water partition coefficient (Wildman–Crippen LogP) is 2.79. The lowest BCUT2D eigenvalue weighted by Gasteiger charge is -2.17. The van der Waals surface area contributed by atoms with Crippen molar-refractivity contribution < 1.29 is 4.79 Å². The third kappa shape index (κ3) is 2.94. The van der Waals surface area contributed by atoms with E-state index in [-0.39, 0.29) is 17.2 Å². The highest BCUT2D eigenvalue weighted by Crippen LogP contribution is 2.22. The van der Waals surface area contributed by atoms with E-state index in [0.29, 0.717) is 16.5 Å². The topological polar surface area (TPSA) is 67.2 Å². The third-order valence-electron chi connectivity index (χ3n) is 4.77. The van der Waals surface area contributed by atoms with Crippen LogP contribution in [0.5, 0.6) is 0 Å². The molecule has 0 aliphatic carbocycles. The smallest absolute Gasteiger partial charge is 0.276 e. The molecule has 0 atom stereocenters. The summed E-state index contributed by atoms with van der Waals surface area (Å²) in [5.41, 5.74) is 1.90. The molecule has 132 valence electrons. The molecule has 1 fully saturated rings. The van der Waals surface area contributed by atoms with Crippen molar-refractivity contribution in [3.8, 4) is 0 Å². The van der Waals surface area contributed by atoms with Crippen LogP contribution in [0, 0.1) is 0 Å². The summed E-state index contributed by atoms with van der Waals surface area (Å²) in [5, 5.41) is 8.08. The number of rotatable bonds is 3. The number of nitrogens with zero attached hydrogens (tertiary/aromatic N) is 3. The summed E-state index contributed by atoms with van der Waals surface area (Å²) >= 11 is 0. The summed E-state index contributed by atoms with van der Waals surface area (Å²) in [5.74, 6) is -0.328. The molecule has 0 saturated carbocycles. The van der Waals surface area contributed by atoms with Crippen molar-refractivity contribution in [2.45, 2.75) is 12.8 Å². The summed E-state index contributed by atoms with van der Waals surface area (Å²) in [6.07, 6.45) is 2.45. The Bertz CT molecular complexity index is 1020. The Hall–Kier alpha value is -3.15. The molecule has 0 spiro atoms. The lowest BCUT2D eigenvalue weighted by atomic mass is 10.1. The maximum absolute atomic E-state index is 12.7. The van der Waals surface area contributed by atoms with Crippen LogP contribution in [0.3, 0.4) is 0 Å². The van der Waals surface area contributed by atoms with Crippen molar-refractivity contribution >= 4 is 28.1 Å². The molecular formula is C20H20N4O2. The number of hydrogen-bond acceptors (Lipinski definition) is 4. The molecule has 1 amide bonds. The highest BCUT2D eigenvalue weighted by molar-refractivity contribution is 6.11. The molecule has 2 heterocycles. The Labute approximate surface area is 151 Å². The van der Waals surface area contributed by atoms with E-state index in [1.54, 1.807) is 31.3 Å². The van der Waals surface area contributed by atoms with Gasteiger partial charge in [-0.15, -0.1) is 0 Å². The molecule has 1 N–H and O–H groups in total. The Morgan fingerprint density at radius 1 is 1.00 bits per heavy atom. The quantitative estimate of drug-likeness (QED) is 0.790. The van der Waals surface area contributed by atoms with Crippen LogP contribution in [0.25, 0.3) is 10.8 Å². The highest BCUT2D eigenvalue weighted by Gasteiger charge is 2.16. The van der Waals surface area contributed by atoms with Gasteiger partial charge in [0.2, 0.25) is 0 Å². The summed E-state index contributed by atoms with van der Waals surface area (Å²) in [4.78, 5) is 27.3. The van der Waals surface area contributed by atoms with E-state index in [1.807, 2.05) is 24.3 Å². The molecule has 1 saturated heterocycles. The Morgan fingerprint density at radius 3 is 2.35 bits per heavy atom. The molecule has 1 aliphatic heterocycles. The zero-order chi connectivity index (χ0) is 18.1. The Balaban J connectivity index is 1.61. The number of fused-ring (bicyclic) bond motifs is 1. The number of nitrogens with one attached hydrogen (secondary N) is 1. The summed E-state index contributed by atoms with van der Waals surface area (Å²) in [6, 6.07) is 14.9. The number of carbonyl (C=O) groups is 1. The highest BCUT2D eigenvalue weighted by atomic mass is 16.2. The summed E-state index contributed by atoms with van der Waals surface area (Å²) in [6.45, 7) is 2.17. The maximum atomic E-state index is 12.7. The summed E-state index contributed by atoms with van der Waals surface area (Å²) in [7, 11) is 1.55. The molecule has 6 nitrogen and oxygen atoms in total. The molecule has 1 aromatic heterocycles. The number of hydrogen-bond donors (Lipinski definition) is 1. The minimum absolute atomic E-state index is 0.216. The first kappa shape index (κ1) is 16.3. The van der Waals surface area contributed by atoms with Gasteiger partial charge in [-0.3, -0.25) is 9.59 Å². The second kappa shape index (κ2) is 6.63. The van der Waals surface area contributed by atoms with Crippen LogP contribution in [0.2, 0.25) is 0 Å². The molecule has 1 aliphatic rings. The van der Waals surface area contributed by atoms with Crippen molar-refractivity contribution in [2.75, 3.05) is 23.3 Å².